The summed E-state index contributed by atoms with van der Waals surface area (Å²) >= 11 is 1.50. The van der Waals surface area contributed by atoms with E-state index < -0.39 is 5.60 Å². The molecule has 0 saturated carbocycles. The highest BCUT2D eigenvalue weighted by Crippen LogP contribution is 2.30. The topological polar surface area (TPSA) is 71.2 Å². The van der Waals surface area contributed by atoms with Gasteiger partial charge in [-0.1, -0.05) is 5.16 Å². The number of aliphatic hydroxyl groups is 1. The molecule has 0 radical (unpaired) electrons. The van der Waals surface area contributed by atoms with Crippen molar-refractivity contribution in [1.29, 1.82) is 0 Å². The van der Waals surface area contributed by atoms with Gasteiger partial charge >= 0.3 is 0 Å². The maximum atomic E-state index is 12.8. The van der Waals surface area contributed by atoms with Crippen LogP contribution in [0, 0.1) is 5.82 Å². The molecule has 0 unspecified atom stereocenters. The zero-order valence-electron chi connectivity index (χ0n) is 11.4. The summed E-state index contributed by atoms with van der Waals surface area (Å²) in [5.74, 6) is 1.09. The molecule has 7 heteroatoms. The highest BCUT2D eigenvalue weighted by atomic mass is 32.2. The first-order chi connectivity index (χ1) is 10.2. The molecule has 21 heavy (non-hydrogen) atoms. The number of halogens is 1. The Morgan fingerprint density at radius 3 is 2.71 bits per heavy atom. The second-order valence-corrected chi connectivity index (χ2v) is 6.09. The number of aromatic nitrogens is 2. The van der Waals surface area contributed by atoms with Crippen LogP contribution >= 0.6 is 11.8 Å². The van der Waals surface area contributed by atoms with E-state index in [0.29, 0.717) is 30.3 Å². The van der Waals surface area contributed by atoms with Gasteiger partial charge in [-0.2, -0.15) is 4.98 Å². The van der Waals surface area contributed by atoms with Crippen LogP contribution in [0.1, 0.15) is 24.6 Å². The van der Waals surface area contributed by atoms with Crippen LogP contribution in [-0.4, -0.2) is 28.3 Å². The van der Waals surface area contributed by atoms with Crippen molar-refractivity contribution in [3.63, 3.8) is 0 Å². The Kier molecular flexibility index (Phi) is 4.23. The van der Waals surface area contributed by atoms with Crippen molar-refractivity contribution in [3.05, 3.63) is 41.8 Å². The maximum absolute atomic E-state index is 12.8. The molecule has 2 aromatic rings. The Balaban J connectivity index is 1.63. The van der Waals surface area contributed by atoms with Crippen molar-refractivity contribution in [1.82, 2.24) is 15.5 Å². The second kappa shape index (κ2) is 6.13. The predicted octanol–water partition coefficient (Wildman–Crippen LogP) is 2.07. The van der Waals surface area contributed by atoms with E-state index >= 15 is 0 Å². The van der Waals surface area contributed by atoms with Gasteiger partial charge in [0.15, 0.2) is 5.82 Å². The van der Waals surface area contributed by atoms with Crippen LogP contribution in [0.25, 0.3) is 0 Å². The molecule has 3 rings (SSSR count). The normalized spacial score (nSPS) is 17.8. The average Bonchev–Trinajstić information content (AvgIpc) is 2.97. The lowest BCUT2D eigenvalue weighted by Crippen LogP contribution is -2.39. The standard InChI is InChI=1S/C14H16FN3O2S/c15-10-1-3-11(4-2-10)21-9-12-17-13(20-18-12)14(19)5-7-16-8-6-14/h1-4,16,19H,5-9H2. The van der Waals surface area contributed by atoms with Gasteiger partial charge in [0.25, 0.3) is 5.89 Å². The SMILES string of the molecule is OC1(c2nc(CSc3ccc(F)cc3)no2)CCNCC1. The van der Waals surface area contributed by atoms with Crippen LogP contribution in [0.3, 0.4) is 0 Å². The number of benzene rings is 1. The molecule has 0 atom stereocenters. The Bertz CT molecular complexity index is 597. The van der Waals surface area contributed by atoms with Gasteiger partial charge in [0, 0.05) is 4.90 Å². The van der Waals surface area contributed by atoms with E-state index in [9.17, 15) is 9.50 Å². The summed E-state index contributed by atoms with van der Waals surface area (Å²) < 4.78 is 18.0. The van der Waals surface area contributed by atoms with Gasteiger partial charge in [0.2, 0.25) is 0 Å². The van der Waals surface area contributed by atoms with Crippen molar-refractivity contribution in [2.45, 2.75) is 29.1 Å². The van der Waals surface area contributed by atoms with Crippen molar-refractivity contribution < 1.29 is 14.0 Å². The molecule has 1 aromatic heterocycles. The van der Waals surface area contributed by atoms with Crippen molar-refractivity contribution in [2.24, 2.45) is 0 Å². The zero-order chi connectivity index (χ0) is 14.7. The fourth-order valence-corrected chi connectivity index (χ4v) is 2.98. The predicted molar refractivity (Wildman–Crippen MR) is 76.3 cm³/mol. The number of nitrogens with zero attached hydrogens (tertiary/aromatic N) is 2. The number of thioether (sulfide) groups is 1. The lowest BCUT2D eigenvalue weighted by atomic mass is 9.92. The summed E-state index contributed by atoms with van der Waals surface area (Å²) in [5, 5.41) is 17.6. The van der Waals surface area contributed by atoms with Crippen LogP contribution in [0.15, 0.2) is 33.7 Å². The molecule has 0 bridgehead atoms. The number of hydrogen-bond acceptors (Lipinski definition) is 6. The van der Waals surface area contributed by atoms with Crippen LogP contribution < -0.4 is 5.32 Å². The molecule has 1 fully saturated rings. The van der Waals surface area contributed by atoms with Crippen LogP contribution in [0.2, 0.25) is 0 Å². The van der Waals surface area contributed by atoms with Crippen molar-refractivity contribution >= 4 is 11.8 Å². The van der Waals surface area contributed by atoms with E-state index in [1.54, 1.807) is 12.1 Å². The summed E-state index contributed by atoms with van der Waals surface area (Å²) in [7, 11) is 0. The minimum atomic E-state index is -1.02. The number of rotatable bonds is 4. The molecule has 1 saturated heterocycles. The van der Waals surface area contributed by atoms with E-state index in [1.807, 2.05) is 0 Å². The van der Waals surface area contributed by atoms with Gasteiger partial charge in [-0.05, 0) is 50.2 Å². The Labute approximate surface area is 125 Å². The van der Waals surface area contributed by atoms with Crippen molar-refractivity contribution in [2.75, 3.05) is 13.1 Å². The largest absolute Gasteiger partial charge is 0.380 e. The minimum absolute atomic E-state index is 0.255. The average molecular weight is 309 g/mol. The summed E-state index contributed by atoms with van der Waals surface area (Å²) in [4.78, 5) is 5.22. The molecule has 1 aliphatic heterocycles. The molecule has 112 valence electrons. The molecule has 2 heterocycles. The Morgan fingerprint density at radius 2 is 2.00 bits per heavy atom. The summed E-state index contributed by atoms with van der Waals surface area (Å²) in [6, 6.07) is 6.26. The molecule has 1 aliphatic rings. The summed E-state index contributed by atoms with van der Waals surface area (Å²) in [6.45, 7) is 1.47. The van der Waals surface area contributed by atoms with E-state index in [0.717, 1.165) is 18.0 Å². The monoisotopic (exact) mass is 309 g/mol. The molecule has 2 N–H and O–H groups in total. The highest BCUT2D eigenvalue weighted by Gasteiger charge is 2.36. The lowest BCUT2D eigenvalue weighted by molar-refractivity contribution is -0.0228. The van der Waals surface area contributed by atoms with Crippen molar-refractivity contribution in [3.8, 4) is 0 Å². The first-order valence-corrected chi connectivity index (χ1v) is 7.79. The molecular formula is C14H16FN3O2S. The van der Waals surface area contributed by atoms with Gasteiger partial charge in [-0.3, -0.25) is 0 Å². The third-order valence-electron chi connectivity index (χ3n) is 3.48. The quantitative estimate of drug-likeness (QED) is 0.843. The van der Waals surface area contributed by atoms with Gasteiger partial charge in [-0.25, -0.2) is 4.39 Å². The van der Waals surface area contributed by atoms with Gasteiger partial charge in [-0.15, -0.1) is 11.8 Å². The molecule has 5 nitrogen and oxygen atoms in total. The molecule has 0 aliphatic carbocycles. The number of hydrogen-bond donors (Lipinski definition) is 2. The van der Waals surface area contributed by atoms with Gasteiger partial charge in [0.05, 0.1) is 5.75 Å². The second-order valence-electron chi connectivity index (χ2n) is 5.04. The molecular weight excluding hydrogens is 293 g/mol. The third kappa shape index (κ3) is 3.42. The van der Waals surface area contributed by atoms with Crippen LogP contribution in [0.5, 0.6) is 0 Å². The fraction of sp³-hybridized carbons (Fsp3) is 0.429. The van der Waals surface area contributed by atoms with E-state index in [4.69, 9.17) is 4.52 Å². The third-order valence-corrected chi connectivity index (χ3v) is 4.49. The van der Waals surface area contributed by atoms with E-state index in [1.165, 1.54) is 23.9 Å². The maximum Gasteiger partial charge on any atom is 0.258 e. The Hall–Kier alpha value is -1.44. The molecule has 1 aromatic carbocycles. The molecule has 0 spiro atoms. The number of piperidine rings is 1. The lowest BCUT2D eigenvalue weighted by Gasteiger charge is -2.28. The van der Waals surface area contributed by atoms with Gasteiger partial charge < -0.3 is 14.9 Å². The zero-order valence-corrected chi connectivity index (χ0v) is 12.2. The van der Waals surface area contributed by atoms with Crippen LogP contribution in [0.4, 0.5) is 4.39 Å². The smallest absolute Gasteiger partial charge is 0.258 e. The van der Waals surface area contributed by atoms with Gasteiger partial charge in [0.1, 0.15) is 11.4 Å². The summed E-state index contributed by atoms with van der Waals surface area (Å²) in [5.41, 5.74) is -1.02. The van der Waals surface area contributed by atoms with E-state index in [2.05, 4.69) is 15.5 Å². The highest BCUT2D eigenvalue weighted by molar-refractivity contribution is 7.98. The van der Waals surface area contributed by atoms with Crippen LogP contribution in [-0.2, 0) is 11.4 Å². The number of nitrogens with one attached hydrogen (secondary N) is 1. The Morgan fingerprint density at radius 1 is 1.29 bits per heavy atom. The summed E-state index contributed by atoms with van der Waals surface area (Å²) in [6.07, 6.45) is 1.14. The first kappa shape index (κ1) is 14.5. The fourth-order valence-electron chi connectivity index (χ4n) is 2.23. The first-order valence-electron chi connectivity index (χ1n) is 6.80. The molecule has 0 amide bonds. The van der Waals surface area contributed by atoms with E-state index in [-0.39, 0.29) is 5.82 Å². The minimum Gasteiger partial charge on any atom is -0.380 e.